The van der Waals surface area contributed by atoms with Crippen molar-refractivity contribution in [2.75, 3.05) is 18.1 Å². The highest BCUT2D eigenvalue weighted by Crippen LogP contribution is 2.28. The van der Waals surface area contributed by atoms with Crippen LogP contribution < -0.4 is 4.90 Å². The fourth-order valence-electron chi connectivity index (χ4n) is 3.28. The molecule has 1 aliphatic heterocycles. The molecule has 3 aromatic rings. The summed E-state index contributed by atoms with van der Waals surface area (Å²) in [6.45, 7) is 2.16. The number of benzene rings is 2. The lowest BCUT2D eigenvalue weighted by molar-refractivity contribution is -0.121. The zero-order valence-corrected chi connectivity index (χ0v) is 16.8. The molecule has 1 aliphatic rings. The molecule has 6 nitrogen and oxygen atoms in total. The van der Waals surface area contributed by atoms with Crippen molar-refractivity contribution in [2.24, 2.45) is 0 Å². The average molecular weight is 408 g/mol. The molecule has 0 saturated heterocycles. The second-order valence-electron chi connectivity index (χ2n) is 6.71. The number of aryl methyl sites for hydroxylation is 1. The number of carbonyl (C=O) groups excluding carboxylic acids is 2. The van der Waals surface area contributed by atoms with Crippen molar-refractivity contribution >= 4 is 29.3 Å². The van der Waals surface area contributed by atoms with Crippen molar-refractivity contribution in [3.8, 4) is 0 Å². The predicted octanol–water partition coefficient (Wildman–Crippen LogP) is 4.02. The number of nitrogens with zero attached hydrogens (tertiary/aromatic N) is 2. The largest absolute Gasteiger partial charge is 0.452 e. The van der Waals surface area contributed by atoms with Crippen LogP contribution in [0.3, 0.4) is 0 Å². The first-order valence-corrected chi connectivity index (χ1v) is 10.3. The molecule has 1 aromatic heterocycles. The third-order valence-electron chi connectivity index (χ3n) is 4.67. The van der Waals surface area contributed by atoms with Gasteiger partial charge in [-0.1, -0.05) is 35.5 Å². The van der Waals surface area contributed by atoms with Crippen LogP contribution in [0.4, 0.5) is 5.69 Å². The monoisotopic (exact) mass is 408 g/mol. The molecule has 7 heteroatoms. The van der Waals surface area contributed by atoms with E-state index in [9.17, 15) is 9.59 Å². The summed E-state index contributed by atoms with van der Waals surface area (Å²) >= 11 is 1.47. The van der Waals surface area contributed by atoms with E-state index in [1.807, 2.05) is 49.4 Å². The van der Waals surface area contributed by atoms with Gasteiger partial charge in [0.15, 0.2) is 6.61 Å². The summed E-state index contributed by atoms with van der Waals surface area (Å²) in [7, 11) is 0. The van der Waals surface area contributed by atoms with Crippen LogP contribution in [0.1, 0.15) is 27.4 Å². The number of thioether (sulfide) groups is 1. The summed E-state index contributed by atoms with van der Waals surface area (Å²) in [5.74, 6) is 0.595. The molecule has 4 rings (SSSR count). The molecule has 29 heavy (non-hydrogen) atoms. The normalized spacial score (nSPS) is 12.7. The van der Waals surface area contributed by atoms with Gasteiger partial charge in [-0.05, 0) is 37.1 Å². The van der Waals surface area contributed by atoms with Gasteiger partial charge in [0.25, 0.3) is 5.91 Å². The second-order valence-corrected chi connectivity index (χ2v) is 7.73. The minimum absolute atomic E-state index is 0.216. The first-order valence-electron chi connectivity index (χ1n) is 9.31. The molecule has 0 spiro atoms. The van der Waals surface area contributed by atoms with Gasteiger partial charge in [0, 0.05) is 28.9 Å². The van der Waals surface area contributed by atoms with Gasteiger partial charge in [-0.3, -0.25) is 4.79 Å². The number of anilines is 1. The highest BCUT2D eigenvalue weighted by molar-refractivity contribution is 7.98. The van der Waals surface area contributed by atoms with E-state index in [2.05, 4.69) is 5.16 Å². The van der Waals surface area contributed by atoms with Gasteiger partial charge >= 0.3 is 5.97 Å². The summed E-state index contributed by atoms with van der Waals surface area (Å²) in [5, 5.41) is 3.97. The molecule has 0 radical (unpaired) electrons. The first kappa shape index (κ1) is 19.3. The fourth-order valence-corrected chi connectivity index (χ4v) is 4.20. The molecule has 0 atom stereocenters. The average Bonchev–Trinajstić information content (AvgIpc) is 3.36. The highest BCUT2D eigenvalue weighted by atomic mass is 32.2. The number of rotatable bonds is 6. The number of amides is 1. The maximum absolute atomic E-state index is 12.6. The third-order valence-corrected chi connectivity index (χ3v) is 5.78. The molecule has 0 unspecified atom stereocenters. The molecular formula is C22H20N2O4S. The van der Waals surface area contributed by atoms with Gasteiger partial charge < -0.3 is 14.2 Å². The van der Waals surface area contributed by atoms with Crippen molar-refractivity contribution in [2.45, 2.75) is 24.0 Å². The molecule has 148 valence electrons. The number of hydrogen-bond acceptors (Lipinski definition) is 6. The number of fused-ring (bicyclic) bond motifs is 1. The Morgan fingerprint density at radius 1 is 1.17 bits per heavy atom. The number of aromatic nitrogens is 1. The van der Waals surface area contributed by atoms with E-state index in [0.717, 1.165) is 34.0 Å². The Kier molecular flexibility index (Phi) is 5.67. The van der Waals surface area contributed by atoms with Gasteiger partial charge in [0.1, 0.15) is 5.76 Å². The Hall–Kier alpha value is -3.06. The first-order chi connectivity index (χ1) is 14.1. The number of hydrogen-bond donors (Lipinski definition) is 0. The Morgan fingerprint density at radius 2 is 1.97 bits per heavy atom. The smallest absolute Gasteiger partial charge is 0.339 e. The highest BCUT2D eigenvalue weighted by Gasteiger charge is 2.25. The van der Waals surface area contributed by atoms with E-state index in [-0.39, 0.29) is 12.5 Å². The fraction of sp³-hybridized carbons (Fsp3) is 0.227. The Morgan fingerprint density at radius 3 is 2.79 bits per heavy atom. The second kappa shape index (κ2) is 8.53. The molecule has 0 saturated carbocycles. The van der Waals surface area contributed by atoms with E-state index < -0.39 is 5.97 Å². The zero-order chi connectivity index (χ0) is 20.2. The van der Waals surface area contributed by atoms with Gasteiger partial charge in [0.2, 0.25) is 0 Å². The van der Waals surface area contributed by atoms with Crippen LogP contribution in [-0.2, 0) is 21.7 Å². The van der Waals surface area contributed by atoms with Crippen molar-refractivity contribution in [1.82, 2.24) is 5.16 Å². The number of carbonyl (C=O) groups is 2. The van der Waals surface area contributed by atoms with Crippen LogP contribution in [0.15, 0.2) is 64.0 Å². The molecule has 0 aliphatic carbocycles. The van der Waals surface area contributed by atoms with E-state index in [4.69, 9.17) is 9.26 Å². The van der Waals surface area contributed by atoms with Crippen LogP contribution in [0.2, 0.25) is 0 Å². The van der Waals surface area contributed by atoms with Gasteiger partial charge in [0.05, 0.1) is 11.3 Å². The minimum atomic E-state index is -0.509. The summed E-state index contributed by atoms with van der Waals surface area (Å²) in [4.78, 5) is 27.6. The van der Waals surface area contributed by atoms with E-state index >= 15 is 0 Å². The zero-order valence-electron chi connectivity index (χ0n) is 16.0. The Balaban J connectivity index is 1.38. The number of para-hydroxylation sites is 1. The quantitative estimate of drug-likeness (QED) is 0.453. The van der Waals surface area contributed by atoms with Crippen LogP contribution in [-0.4, -0.2) is 30.2 Å². The summed E-state index contributed by atoms with van der Waals surface area (Å²) in [6.07, 6.45) is 0.816. The predicted molar refractivity (Wildman–Crippen MR) is 110 cm³/mol. The Bertz CT molecular complexity index is 1050. The van der Waals surface area contributed by atoms with Crippen LogP contribution in [0, 0.1) is 6.92 Å². The lowest BCUT2D eigenvalue weighted by Gasteiger charge is -2.17. The molecular weight excluding hydrogens is 388 g/mol. The number of esters is 1. The summed E-state index contributed by atoms with van der Waals surface area (Å²) in [6, 6.07) is 16.8. The maximum atomic E-state index is 12.6. The van der Waals surface area contributed by atoms with Crippen molar-refractivity contribution in [3.63, 3.8) is 0 Å². The Labute approximate surface area is 172 Å². The minimum Gasteiger partial charge on any atom is -0.452 e. The van der Waals surface area contributed by atoms with E-state index in [1.165, 1.54) is 11.8 Å². The lowest BCUT2D eigenvalue weighted by Crippen LogP contribution is -2.33. The molecule has 2 heterocycles. The summed E-state index contributed by atoms with van der Waals surface area (Å²) in [5.41, 5.74) is 3.27. The van der Waals surface area contributed by atoms with Gasteiger partial charge in [-0.2, -0.15) is 0 Å². The van der Waals surface area contributed by atoms with E-state index in [0.29, 0.717) is 17.9 Å². The maximum Gasteiger partial charge on any atom is 0.339 e. The van der Waals surface area contributed by atoms with Crippen molar-refractivity contribution in [1.29, 1.82) is 0 Å². The topological polar surface area (TPSA) is 72.6 Å². The molecule has 0 N–H and O–H groups in total. The molecule has 2 aromatic carbocycles. The van der Waals surface area contributed by atoms with Gasteiger partial charge in [-0.25, -0.2) is 4.79 Å². The van der Waals surface area contributed by atoms with Gasteiger partial charge in [-0.15, -0.1) is 11.8 Å². The molecule has 0 fully saturated rings. The van der Waals surface area contributed by atoms with Crippen LogP contribution in [0.5, 0.6) is 0 Å². The third kappa shape index (κ3) is 4.35. The van der Waals surface area contributed by atoms with E-state index in [1.54, 1.807) is 17.0 Å². The summed E-state index contributed by atoms with van der Waals surface area (Å²) < 4.78 is 10.4. The van der Waals surface area contributed by atoms with Crippen LogP contribution in [0.25, 0.3) is 0 Å². The van der Waals surface area contributed by atoms with Crippen LogP contribution >= 0.6 is 11.8 Å². The SMILES string of the molecule is Cc1cc(CSc2ccccc2C(=O)OCC(=O)N2CCc3ccccc32)no1. The molecule has 1 amide bonds. The van der Waals surface area contributed by atoms with Crippen molar-refractivity contribution in [3.05, 3.63) is 77.2 Å². The standard InChI is InChI=1S/C22H20N2O4S/c1-15-12-17(23-28-15)14-29-20-9-5-3-7-18(20)22(26)27-13-21(25)24-11-10-16-6-2-4-8-19(16)24/h2-9,12H,10-11,13-14H2,1H3. The molecule has 0 bridgehead atoms. The van der Waals surface area contributed by atoms with Crippen molar-refractivity contribution < 1.29 is 18.8 Å². The lowest BCUT2D eigenvalue weighted by atomic mass is 10.2. The number of ether oxygens (including phenoxy) is 1.